The molecule has 0 amide bonds. The van der Waals surface area contributed by atoms with Crippen LogP contribution < -0.4 is 4.74 Å². The van der Waals surface area contributed by atoms with Crippen LogP contribution in [0, 0.1) is 5.92 Å². The van der Waals surface area contributed by atoms with Crippen LogP contribution in [0.4, 0.5) is 0 Å². The number of hydrogen-bond acceptors (Lipinski definition) is 4. The van der Waals surface area contributed by atoms with Crippen LogP contribution >= 0.6 is 11.3 Å². The molecule has 2 heterocycles. The maximum atomic E-state index is 6.21. The summed E-state index contributed by atoms with van der Waals surface area (Å²) in [6.45, 7) is 2.32. The summed E-state index contributed by atoms with van der Waals surface area (Å²) in [5.41, 5.74) is 1.40. The third-order valence-electron chi connectivity index (χ3n) is 4.99. The molecule has 0 spiro atoms. The SMILES string of the molecule is C[C@H]1CCc2c(sc3ncnc(Oc4ccc5ccccc5c4)c23)C1. The van der Waals surface area contributed by atoms with Gasteiger partial charge in [-0.05, 0) is 53.6 Å². The predicted molar refractivity (Wildman–Crippen MR) is 103 cm³/mol. The van der Waals surface area contributed by atoms with E-state index < -0.39 is 0 Å². The zero-order valence-corrected chi connectivity index (χ0v) is 14.8. The molecule has 3 nitrogen and oxygen atoms in total. The Labute approximate surface area is 150 Å². The van der Waals surface area contributed by atoms with Crippen molar-refractivity contribution in [1.82, 2.24) is 9.97 Å². The molecule has 1 aliphatic carbocycles. The Morgan fingerprint density at radius 1 is 1.08 bits per heavy atom. The predicted octanol–water partition coefficient (Wildman–Crippen LogP) is 5.76. The van der Waals surface area contributed by atoms with Crippen LogP contribution in [0.1, 0.15) is 23.8 Å². The van der Waals surface area contributed by atoms with E-state index in [4.69, 9.17) is 4.74 Å². The summed E-state index contributed by atoms with van der Waals surface area (Å²) in [6, 6.07) is 14.5. The Balaban J connectivity index is 1.60. The third-order valence-corrected chi connectivity index (χ3v) is 6.15. The second-order valence-electron chi connectivity index (χ2n) is 6.82. The molecule has 4 aromatic rings. The van der Waals surface area contributed by atoms with Gasteiger partial charge >= 0.3 is 0 Å². The first kappa shape index (κ1) is 14.8. The summed E-state index contributed by atoms with van der Waals surface area (Å²) in [4.78, 5) is 11.4. The quantitative estimate of drug-likeness (QED) is 0.463. The van der Waals surface area contributed by atoms with Gasteiger partial charge in [-0.2, -0.15) is 0 Å². The Bertz CT molecular complexity index is 1090. The van der Waals surface area contributed by atoms with Crippen LogP contribution in [0.3, 0.4) is 0 Å². The second kappa shape index (κ2) is 5.81. The fourth-order valence-electron chi connectivity index (χ4n) is 3.67. The summed E-state index contributed by atoms with van der Waals surface area (Å²) >= 11 is 1.80. The molecular formula is C21H18N2OS. The minimum Gasteiger partial charge on any atom is -0.438 e. The van der Waals surface area contributed by atoms with Crippen LogP contribution in [0.15, 0.2) is 48.8 Å². The van der Waals surface area contributed by atoms with Crippen molar-refractivity contribution in [3.05, 3.63) is 59.2 Å². The lowest BCUT2D eigenvalue weighted by molar-refractivity contribution is 0.467. The highest BCUT2D eigenvalue weighted by atomic mass is 32.1. The van der Waals surface area contributed by atoms with Crippen molar-refractivity contribution in [3.63, 3.8) is 0 Å². The summed E-state index contributed by atoms with van der Waals surface area (Å²) in [7, 11) is 0. The van der Waals surface area contributed by atoms with Crippen LogP contribution in [0.25, 0.3) is 21.0 Å². The Morgan fingerprint density at radius 2 is 1.96 bits per heavy atom. The minimum absolute atomic E-state index is 0.687. The molecule has 4 heteroatoms. The topological polar surface area (TPSA) is 35.0 Å². The summed E-state index contributed by atoms with van der Waals surface area (Å²) in [5, 5.41) is 3.50. The van der Waals surface area contributed by atoms with Crippen molar-refractivity contribution in [2.75, 3.05) is 0 Å². The van der Waals surface area contributed by atoms with Gasteiger partial charge in [0.2, 0.25) is 5.88 Å². The third kappa shape index (κ3) is 2.57. The van der Waals surface area contributed by atoms with Crippen molar-refractivity contribution in [2.45, 2.75) is 26.2 Å². The molecule has 2 aromatic heterocycles. The molecule has 2 aromatic carbocycles. The van der Waals surface area contributed by atoms with E-state index in [-0.39, 0.29) is 0 Å². The first-order chi connectivity index (χ1) is 12.3. The molecule has 1 aliphatic rings. The van der Waals surface area contributed by atoms with Gasteiger partial charge in [-0.1, -0.05) is 37.3 Å². The van der Waals surface area contributed by atoms with Gasteiger partial charge in [0.15, 0.2) is 0 Å². The molecule has 0 saturated carbocycles. The molecule has 0 aliphatic heterocycles. The maximum absolute atomic E-state index is 6.21. The molecule has 124 valence electrons. The van der Waals surface area contributed by atoms with Gasteiger partial charge in [-0.25, -0.2) is 9.97 Å². The zero-order valence-electron chi connectivity index (χ0n) is 14.0. The van der Waals surface area contributed by atoms with Gasteiger partial charge in [0.05, 0.1) is 5.39 Å². The molecule has 0 unspecified atom stereocenters. The van der Waals surface area contributed by atoms with Crippen molar-refractivity contribution in [2.24, 2.45) is 5.92 Å². The van der Waals surface area contributed by atoms with E-state index in [0.717, 1.165) is 34.7 Å². The number of fused-ring (bicyclic) bond motifs is 4. The minimum atomic E-state index is 0.687. The van der Waals surface area contributed by atoms with Gasteiger partial charge in [0.25, 0.3) is 0 Å². The summed E-state index contributed by atoms with van der Waals surface area (Å²) in [5.74, 6) is 2.26. The molecule has 1 atom stereocenters. The molecule has 0 saturated heterocycles. The first-order valence-electron chi connectivity index (χ1n) is 8.70. The number of aromatic nitrogens is 2. The van der Waals surface area contributed by atoms with Crippen LogP contribution in [-0.2, 0) is 12.8 Å². The molecule has 5 rings (SSSR count). The van der Waals surface area contributed by atoms with E-state index in [9.17, 15) is 0 Å². The molecular weight excluding hydrogens is 328 g/mol. The highest BCUT2D eigenvalue weighted by Crippen LogP contribution is 2.41. The average molecular weight is 346 g/mol. The van der Waals surface area contributed by atoms with Crippen LogP contribution in [-0.4, -0.2) is 9.97 Å². The smallest absolute Gasteiger partial charge is 0.231 e. The molecule has 0 fully saturated rings. The van der Waals surface area contributed by atoms with Gasteiger partial charge in [0.1, 0.15) is 16.9 Å². The summed E-state index contributed by atoms with van der Waals surface area (Å²) in [6.07, 6.45) is 5.08. The lowest BCUT2D eigenvalue weighted by Crippen LogP contribution is -2.08. The monoisotopic (exact) mass is 346 g/mol. The number of ether oxygens (including phenoxy) is 1. The normalized spacial score (nSPS) is 16.9. The molecule has 0 N–H and O–H groups in total. The van der Waals surface area contributed by atoms with E-state index in [1.54, 1.807) is 17.7 Å². The Morgan fingerprint density at radius 3 is 2.88 bits per heavy atom. The number of thiophene rings is 1. The Kier molecular flexibility index (Phi) is 3.45. The first-order valence-corrected chi connectivity index (χ1v) is 9.51. The molecule has 25 heavy (non-hydrogen) atoms. The van der Waals surface area contributed by atoms with E-state index >= 15 is 0 Å². The zero-order chi connectivity index (χ0) is 16.8. The van der Waals surface area contributed by atoms with Gasteiger partial charge in [0, 0.05) is 4.88 Å². The highest BCUT2D eigenvalue weighted by molar-refractivity contribution is 7.18. The van der Waals surface area contributed by atoms with Crippen molar-refractivity contribution >= 4 is 32.3 Å². The van der Waals surface area contributed by atoms with Crippen molar-refractivity contribution in [1.29, 1.82) is 0 Å². The summed E-state index contributed by atoms with van der Waals surface area (Å²) < 4.78 is 6.21. The largest absolute Gasteiger partial charge is 0.438 e. The lowest BCUT2D eigenvalue weighted by atomic mass is 9.89. The van der Waals surface area contributed by atoms with Gasteiger partial charge in [-0.3, -0.25) is 0 Å². The fourth-order valence-corrected chi connectivity index (χ4v) is 5.01. The molecule has 0 radical (unpaired) electrons. The lowest BCUT2D eigenvalue weighted by Gasteiger charge is -2.18. The number of nitrogens with zero attached hydrogens (tertiary/aromatic N) is 2. The van der Waals surface area contributed by atoms with Gasteiger partial charge < -0.3 is 4.74 Å². The number of aryl methyl sites for hydroxylation is 1. The maximum Gasteiger partial charge on any atom is 0.231 e. The van der Waals surface area contributed by atoms with Crippen molar-refractivity contribution < 1.29 is 4.74 Å². The number of hydrogen-bond donors (Lipinski definition) is 0. The highest BCUT2D eigenvalue weighted by Gasteiger charge is 2.23. The Hall–Kier alpha value is -2.46. The number of benzene rings is 2. The van der Waals surface area contributed by atoms with Crippen LogP contribution in [0.2, 0.25) is 0 Å². The molecule has 0 bridgehead atoms. The van der Waals surface area contributed by atoms with E-state index in [1.165, 1.54) is 27.6 Å². The van der Waals surface area contributed by atoms with Crippen molar-refractivity contribution in [3.8, 4) is 11.6 Å². The number of rotatable bonds is 2. The fraction of sp³-hybridized carbons (Fsp3) is 0.238. The van der Waals surface area contributed by atoms with E-state index in [2.05, 4.69) is 47.2 Å². The average Bonchev–Trinajstić information content (AvgIpc) is 3.00. The van der Waals surface area contributed by atoms with Crippen LogP contribution in [0.5, 0.6) is 11.6 Å². The van der Waals surface area contributed by atoms with E-state index in [1.807, 2.05) is 12.1 Å². The second-order valence-corrected chi connectivity index (χ2v) is 7.91. The standard InChI is InChI=1S/C21H18N2OS/c1-13-6-9-17-18(10-13)25-21-19(17)20(22-12-23-21)24-16-8-7-14-4-2-3-5-15(14)11-16/h2-5,7-8,11-13H,6,9-10H2,1H3/t13-/m0/s1. The van der Waals surface area contributed by atoms with Gasteiger partial charge in [-0.15, -0.1) is 11.3 Å². The van der Waals surface area contributed by atoms with E-state index in [0.29, 0.717) is 5.88 Å².